The predicted molar refractivity (Wildman–Crippen MR) is 97.5 cm³/mol. The molecule has 3 heteroatoms. The second-order valence-electron chi connectivity index (χ2n) is 6.34. The zero-order chi connectivity index (χ0) is 17.1. The van der Waals surface area contributed by atoms with Crippen LogP contribution in [0.5, 0.6) is 11.5 Å². The van der Waals surface area contributed by atoms with E-state index in [-0.39, 0.29) is 5.75 Å². The number of benzene rings is 2. The lowest BCUT2D eigenvalue weighted by molar-refractivity contribution is 0.309. The summed E-state index contributed by atoms with van der Waals surface area (Å²) in [5.41, 5.74) is 4.84. The van der Waals surface area contributed by atoms with E-state index in [1.807, 2.05) is 31.2 Å². The summed E-state index contributed by atoms with van der Waals surface area (Å²) in [4.78, 5) is 0. The topological polar surface area (TPSA) is 49.7 Å². The highest BCUT2D eigenvalue weighted by molar-refractivity contribution is 5.88. The number of aromatic hydroxyl groups is 1. The second kappa shape index (κ2) is 7.00. The standard InChI is InChI=1S/C21H24O3/c1-3-4-11-24-18-8-10-20-16(13-18)6-5-15-12-17(22)7-9-19(15)14(2)21(20)23/h7-10,12-13,22-23H,3-6,11H2,1-2H3/b21-14+. The summed E-state index contributed by atoms with van der Waals surface area (Å²) in [5, 5.41) is 20.5. The Morgan fingerprint density at radius 3 is 2.42 bits per heavy atom. The Morgan fingerprint density at radius 2 is 1.67 bits per heavy atom. The van der Waals surface area contributed by atoms with Gasteiger partial charge in [0.1, 0.15) is 17.3 Å². The van der Waals surface area contributed by atoms with Gasteiger partial charge in [0.15, 0.2) is 0 Å². The van der Waals surface area contributed by atoms with Crippen LogP contribution in [0.4, 0.5) is 0 Å². The fraction of sp³-hybridized carbons (Fsp3) is 0.333. The summed E-state index contributed by atoms with van der Waals surface area (Å²) in [6.07, 6.45) is 3.76. The number of allylic oxidation sites excluding steroid dienone is 1. The molecule has 0 radical (unpaired) electrons. The van der Waals surface area contributed by atoms with Gasteiger partial charge in [-0.1, -0.05) is 19.4 Å². The van der Waals surface area contributed by atoms with E-state index in [2.05, 4.69) is 6.92 Å². The van der Waals surface area contributed by atoms with Crippen LogP contribution in [0.2, 0.25) is 0 Å². The first-order valence-corrected chi connectivity index (χ1v) is 8.58. The minimum atomic E-state index is 0.262. The van der Waals surface area contributed by atoms with Crippen molar-refractivity contribution < 1.29 is 14.9 Å². The van der Waals surface area contributed by atoms with Crippen LogP contribution in [0.3, 0.4) is 0 Å². The Hall–Kier alpha value is -2.42. The van der Waals surface area contributed by atoms with Gasteiger partial charge in [0, 0.05) is 5.56 Å². The van der Waals surface area contributed by atoms with Crippen molar-refractivity contribution in [3.8, 4) is 11.5 Å². The number of aliphatic hydroxyl groups excluding tert-OH is 1. The van der Waals surface area contributed by atoms with E-state index < -0.39 is 0 Å². The minimum absolute atomic E-state index is 0.262. The van der Waals surface area contributed by atoms with E-state index in [9.17, 15) is 10.2 Å². The van der Waals surface area contributed by atoms with E-state index in [0.717, 1.165) is 59.3 Å². The van der Waals surface area contributed by atoms with Gasteiger partial charge < -0.3 is 14.9 Å². The normalized spacial score (nSPS) is 16.8. The van der Waals surface area contributed by atoms with E-state index in [1.54, 1.807) is 12.1 Å². The molecular formula is C21H24O3. The molecule has 3 rings (SSSR count). The van der Waals surface area contributed by atoms with Crippen molar-refractivity contribution in [1.82, 2.24) is 0 Å². The maximum absolute atomic E-state index is 10.7. The molecule has 0 bridgehead atoms. The number of hydrogen-bond acceptors (Lipinski definition) is 3. The first-order chi connectivity index (χ1) is 11.6. The Morgan fingerprint density at radius 1 is 0.958 bits per heavy atom. The van der Waals surface area contributed by atoms with Gasteiger partial charge in [0.05, 0.1) is 6.61 Å². The Balaban J connectivity index is 1.99. The van der Waals surface area contributed by atoms with Crippen LogP contribution in [0, 0.1) is 0 Å². The van der Waals surface area contributed by atoms with E-state index in [4.69, 9.17) is 4.74 Å². The average molecular weight is 324 g/mol. The van der Waals surface area contributed by atoms with Crippen LogP contribution in [0.1, 0.15) is 48.9 Å². The fourth-order valence-corrected chi connectivity index (χ4v) is 3.18. The van der Waals surface area contributed by atoms with Gasteiger partial charge in [-0.2, -0.15) is 0 Å². The number of phenolic OH excluding ortho intramolecular Hbond substituents is 1. The van der Waals surface area contributed by atoms with Gasteiger partial charge in [-0.3, -0.25) is 0 Å². The number of fused-ring (bicyclic) bond motifs is 2. The molecule has 0 aromatic heterocycles. The number of rotatable bonds is 4. The Labute approximate surface area is 143 Å². The maximum Gasteiger partial charge on any atom is 0.126 e. The molecule has 0 saturated carbocycles. The van der Waals surface area contributed by atoms with E-state index >= 15 is 0 Å². The number of hydrogen-bond donors (Lipinski definition) is 2. The van der Waals surface area contributed by atoms with Crippen molar-refractivity contribution >= 4 is 11.3 Å². The van der Waals surface area contributed by atoms with Crippen LogP contribution in [0.15, 0.2) is 36.4 Å². The molecule has 2 aromatic rings. The molecule has 126 valence electrons. The third-order valence-corrected chi connectivity index (χ3v) is 4.61. The molecule has 1 aliphatic carbocycles. The summed E-state index contributed by atoms with van der Waals surface area (Å²) in [7, 11) is 0. The molecule has 0 amide bonds. The number of aliphatic hydroxyl groups is 1. The van der Waals surface area contributed by atoms with Crippen molar-refractivity contribution in [2.24, 2.45) is 0 Å². The quantitative estimate of drug-likeness (QED) is 0.768. The number of phenols is 1. The van der Waals surface area contributed by atoms with Gasteiger partial charge in [-0.25, -0.2) is 0 Å². The SMILES string of the molecule is CCCCOc1ccc2c(c1)CCc1cc(O)ccc1/C(C)=C\2O. The van der Waals surface area contributed by atoms with Crippen LogP contribution in [0.25, 0.3) is 11.3 Å². The molecule has 0 spiro atoms. The zero-order valence-electron chi connectivity index (χ0n) is 14.3. The molecule has 0 atom stereocenters. The highest BCUT2D eigenvalue weighted by atomic mass is 16.5. The van der Waals surface area contributed by atoms with Crippen molar-refractivity contribution in [3.05, 3.63) is 58.7 Å². The van der Waals surface area contributed by atoms with Crippen molar-refractivity contribution in [1.29, 1.82) is 0 Å². The zero-order valence-corrected chi connectivity index (χ0v) is 14.3. The average Bonchev–Trinajstić information content (AvgIpc) is 2.58. The van der Waals surface area contributed by atoms with Crippen LogP contribution >= 0.6 is 0 Å². The van der Waals surface area contributed by atoms with Gasteiger partial charge in [0.25, 0.3) is 0 Å². The molecule has 0 unspecified atom stereocenters. The fourth-order valence-electron chi connectivity index (χ4n) is 3.18. The molecule has 0 heterocycles. The van der Waals surface area contributed by atoms with Gasteiger partial charge >= 0.3 is 0 Å². The summed E-state index contributed by atoms with van der Waals surface area (Å²) in [6.45, 7) is 4.78. The summed E-state index contributed by atoms with van der Waals surface area (Å²) < 4.78 is 5.80. The second-order valence-corrected chi connectivity index (χ2v) is 6.34. The Bertz CT molecular complexity index is 775. The number of unbranched alkanes of at least 4 members (excludes halogenated alkanes) is 1. The molecule has 1 aliphatic rings. The molecule has 0 aliphatic heterocycles. The predicted octanol–water partition coefficient (Wildman–Crippen LogP) is 5.12. The smallest absolute Gasteiger partial charge is 0.126 e. The summed E-state index contributed by atoms with van der Waals surface area (Å²) in [5.74, 6) is 1.42. The lowest BCUT2D eigenvalue weighted by Crippen LogP contribution is -2.06. The molecule has 0 saturated heterocycles. The highest BCUT2D eigenvalue weighted by Crippen LogP contribution is 2.34. The van der Waals surface area contributed by atoms with Gasteiger partial charge in [-0.15, -0.1) is 0 Å². The monoisotopic (exact) mass is 324 g/mol. The van der Waals surface area contributed by atoms with Crippen molar-refractivity contribution in [3.63, 3.8) is 0 Å². The van der Waals surface area contributed by atoms with Crippen LogP contribution in [-0.2, 0) is 12.8 Å². The Kier molecular flexibility index (Phi) is 4.79. The van der Waals surface area contributed by atoms with E-state index in [1.165, 1.54) is 0 Å². The minimum Gasteiger partial charge on any atom is -0.508 e. The highest BCUT2D eigenvalue weighted by Gasteiger charge is 2.18. The summed E-state index contributed by atoms with van der Waals surface area (Å²) in [6, 6.07) is 11.2. The van der Waals surface area contributed by atoms with E-state index in [0.29, 0.717) is 12.4 Å². The van der Waals surface area contributed by atoms with Crippen LogP contribution < -0.4 is 4.74 Å². The molecular weight excluding hydrogens is 300 g/mol. The molecule has 2 aromatic carbocycles. The van der Waals surface area contributed by atoms with Gasteiger partial charge in [0.2, 0.25) is 0 Å². The molecule has 2 N–H and O–H groups in total. The lowest BCUT2D eigenvalue weighted by Gasteiger charge is -2.19. The number of ether oxygens (including phenoxy) is 1. The first-order valence-electron chi connectivity index (χ1n) is 8.58. The summed E-state index contributed by atoms with van der Waals surface area (Å²) >= 11 is 0. The lowest BCUT2D eigenvalue weighted by atomic mass is 9.88. The molecule has 0 fully saturated rings. The van der Waals surface area contributed by atoms with Crippen LogP contribution in [-0.4, -0.2) is 16.8 Å². The number of aryl methyl sites for hydroxylation is 2. The first kappa shape index (κ1) is 16.4. The van der Waals surface area contributed by atoms with Crippen molar-refractivity contribution in [2.75, 3.05) is 6.61 Å². The van der Waals surface area contributed by atoms with Gasteiger partial charge in [-0.05, 0) is 78.8 Å². The molecule has 24 heavy (non-hydrogen) atoms. The third kappa shape index (κ3) is 3.25. The molecule has 3 nitrogen and oxygen atoms in total. The largest absolute Gasteiger partial charge is 0.508 e. The van der Waals surface area contributed by atoms with Crippen molar-refractivity contribution in [2.45, 2.75) is 39.5 Å². The maximum atomic E-state index is 10.7. The third-order valence-electron chi connectivity index (χ3n) is 4.61.